The zero-order valence-corrected chi connectivity index (χ0v) is 11.6. The van der Waals surface area contributed by atoms with Crippen LogP contribution in [-0.2, 0) is 0 Å². The zero-order chi connectivity index (χ0) is 12.8. The average Bonchev–Trinajstić information content (AvgIpc) is 2.82. The molecule has 100 valence electrons. The predicted octanol–water partition coefficient (Wildman–Crippen LogP) is 3.93. The lowest BCUT2D eigenvalue weighted by Crippen LogP contribution is -2.13. The van der Waals surface area contributed by atoms with Gasteiger partial charge in [0.05, 0.1) is 6.61 Å². The van der Waals surface area contributed by atoms with Gasteiger partial charge in [-0.2, -0.15) is 0 Å². The Hall–Kier alpha value is -1.02. The lowest BCUT2D eigenvalue weighted by Gasteiger charge is -2.12. The molecular formula is C16H25NO. The molecule has 1 fully saturated rings. The smallest absolute Gasteiger partial charge is 0.119 e. The molecule has 0 aliphatic carbocycles. The predicted molar refractivity (Wildman–Crippen MR) is 76.0 cm³/mol. The second kappa shape index (κ2) is 6.79. The lowest BCUT2D eigenvalue weighted by atomic mass is 10.0. The molecule has 18 heavy (non-hydrogen) atoms. The van der Waals surface area contributed by atoms with Crippen LogP contribution in [0.3, 0.4) is 0 Å². The van der Waals surface area contributed by atoms with E-state index in [-0.39, 0.29) is 0 Å². The van der Waals surface area contributed by atoms with Crippen LogP contribution in [-0.4, -0.2) is 13.2 Å². The fraction of sp³-hybridized carbons (Fsp3) is 0.625. The van der Waals surface area contributed by atoms with E-state index in [2.05, 4.69) is 43.4 Å². The third-order valence-electron chi connectivity index (χ3n) is 3.65. The summed E-state index contributed by atoms with van der Waals surface area (Å²) in [4.78, 5) is 0. The quantitative estimate of drug-likeness (QED) is 0.769. The van der Waals surface area contributed by atoms with E-state index < -0.39 is 0 Å². The zero-order valence-electron chi connectivity index (χ0n) is 11.6. The average molecular weight is 247 g/mol. The number of rotatable bonds is 6. The van der Waals surface area contributed by atoms with E-state index >= 15 is 0 Å². The fourth-order valence-corrected chi connectivity index (χ4v) is 2.50. The summed E-state index contributed by atoms with van der Waals surface area (Å²) < 4.78 is 5.73. The minimum Gasteiger partial charge on any atom is -0.494 e. The van der Waals surface area contributed by atoms with Crippen molar-refractivity contribution < 1.29 is 4.74 Å². The van der Waals surface area contributed by atoms with Crippen molar-refractivity contribution in [1.29, 1.82) is 0 Å². The summed E-state index contributed by atoms with van der Waals surface area (Å²) in [7, 11) is 0. The van der Waals surface area contributed by atoms with Gasteiger partial charge in [0.15, 0.2) is 0 Å². The first-order chi connectivity index (χ1) is 8.79. The van der Waals surface area contributed by atoms with Crippen molar-refractivity contribution in [3.8, 4) is 5.75 Å². The van der Waals surface area contributed by atoms with Crippen molar-refractivity contribution in [3.63, 3.8) is 0 Å². The van der Waals surface area contributed by atoms with Gasteiger partial charge in [0.1, 0.15) is 5.75 Å². The highest BCUT2D eigenvalue weighted by Crippen LogP contribution is 2.27. The number of benzene rings is 1. The maximum atomic E-state index is 5.73. The Morgan fingerprint density at radius 3 is 2.61 bits per heavy atom. The molecule has 1 aliphatic heterocycles. The second-order valence-corrected chi connectivity index (χ2v) is 5.43. The van der Waals surface area contributed by atoms with Crippen molar-refractivity contribution in [2.75, 3.05) is 13.2 Å². The summed E-state index contributed by atoms with van der Waals surface area (Å²) in [6, 6.07) is 9.14. The third kappa shape index (κ3) is 3.74. The van der Waals surface area contributed by atoms with Gasteiger partial charge in [-0.3, -0.25) is 0 Å². The van der Waals surface area contributed by atoms with E-state index in [4.69, 9.17) is 4.74 Å². The SMILES string of the molecule is CCCCCOc1ccc([C@H]2C[C@H](C)CN2)cc1. The van der Waals surface area contributed by atoms with E-state index in [1.807, 2.05) is 0 Å². The molecule has 1 heterocycles. The van der Waals surface area contributed by atoms with Crippen molar-refractivity contribution in [3.05, 3.63) is 29.8 Å². The summed E-state index contributed by atoms with van der Waals surface area (Å²) in [6.07, 6.45) is 4.90. The van der Waals surface area contributed by atoms with Gasteiger partial charge in [0, 0.05) is 6.04 Å². The van der Waals surface area contributed by atoms with Gasteiger partial charge in [0.2, 0.25) is 0 Å². The number of unbranched alkanes of at least 4 members (excludes halogenated alkanes) is 2. The molecule has 1 aromatic rings. The summed E-state index contributed by atoms with van der Waals surface area (Å²) in [5, 5.41) is 3.56. The molecule has 0 unspecified atom stereocenters. The van der Waals surface area contributed by atoms with E-state index in [1.54, 1.807) is 0 Å². The summed E-state index contributed by atoms with van der Waals surface area (Å²) in [5.41, 5.74) is 1.39. The fourth-order valence-electron chi connectivity index (χ4n) is 2.50. The molecule has 0 radical (unpaired) electrons. The number of hydrogen-bond acceptors (Lipinski definition) is 2. The van der Waals surface area contributed by atoms with E-state index in [0.29, 0.717) is 6.04 Å². The Morgan fingerprint density at radius 2 is 2.00 bits per heavy atom. The third-order valence-corrected chi connectivity index (χ3v) is 3.65. The molecule has 2 heteroatoms. The highest BCUT2D eigenvalue weighted by Gasteiger charge is 2.21. The molecule has 0 amide bonds. The minimum absolute atomic E-state index is 0.536. The summed E-state index contributed by atoms with van der Waals surface area (Å²) >= 11 is 0. The van der Waals surface area contributed by atoms with Crippen LogP contribution < -0.4 is 10.1 Å². The van der Waals surface area contributed by atoms with Gasteiger partial charge in [-0.05, 0) is 43.0 Å². The molecule has 1 N–H and O–H groups in total. The van der Waals surface area contributed by atoms with Crippen LogP contribution in [0.25, 0.3) is 0 Å². The van der Waals surface area contributed by atoms with Crippen molar-refractivity contribution in [2.24, 2.45) is 5.92 Å². The van der Waals surface area contributed by atoms with Gasteiger partial charge >= 0.3 is 0 Å². The van der Waals surface area contributed by atoms with Gasteiger partial charge in [-0.25, -0.2) is 0 Å². The van der Waals surface area contributed by atoms with Crippen LogP contribution in [0.15, 0.2) is 24.3 Å². The van der Waals surface area contributed by atoms with Crippen LogP contribution in [0, 0.1) is 5.92 Å². The molecule has 1 aromatic carbocycles. The lowest BCUT2D eigenvalue weighted by molar-refractivity contribution is 0.306. The maximum absolute atomic E-state index is 5.73. The first-order valence-electron chi connectivity index (χ1n) is 7.25. The molecule has 2 rings (SSSR count). The van der Waals surface area contributed by atoms with E-state index in [9.17, 15) is 0 Å². The molecular weight excluding hydrogens is 222 g/mol. The van der Waals surface area contributed by atoms with Crippen LogP contribution in [0.2, 0.25) is 0 Å². The van der Waals surface area contributed by atoms with Crippen molar-refractivity contribution in [1.82, 2.24) is 5.32 Å². The number of hydrogen-bond donors (Lipinski definition) is 1. The van der Waals surface area contributed by atoms with Crippen molar-refractivity contribution in [2.45, 2.75) is 45.6 Å². The van der Waals surface area contributed by atoms with E-state index in [1.165, 1.54) is 24.8 Å². The van der Waals surface area contributed by atoms with Gasteiger partial charge in [-0.15, -0.1) is 0 Å². The van der Waals surface area contributed by atoms with Crippen molar-refractivity contribution >= 4 is 0 Å². The monoisotopic (exact) mass is 247 g/mol. The molecule has 1 aliphatic rings. The molecule has 0 saturated carbocycles. The summed E-state index contributed by atoms with van der Waals surface area (Å²) in [6.45, 7) is 6.49. The van der Waals surface area contributed by atoms with Crippen LogP contribution in [0.4, 0.5) is 0 Å². The summed E-state index contributed by atoms with van der Waals surface area (Å²) in [5.74, 6) is 1.79. The highest BCUT2D eigenvalue weighted by molar-refractivity contribution is 5.29. The Balaban J connectivity index is 1.82. The molecule has 2 atom stereocenters. The minimum atomic E-state index is 0.536. The van der Waals surface area contributed by atoms with Crippen LogP contribution in [0.1, 0.15) is 51.1 Å². The maximum Gasteiger partial charge on any atom is 0.119 e. The number of ether oxygens (including phenoxy) is 1. The van der Waals surface area contributed by atoms with E-state index in [0.717, 1.165) is 31.2 Å². The Morgan fingerprint density at radius 1 is 1.22 bits per heavy atom. The van der Waals surface area contributed by atoms with Gasteiger partial charge in [0.25, 0.3) is 0 Å². The highest BCUT2D eigenvalue weighted by atomic mass is 16.5. The second-order valence-electron chi connectivity index (χ2n) is 5.43. The Labute approximate surface area is 111 Å². The van der Waals surface area contributed by atoms with Gasteiger partial charge < -0.3 is 10.1 Å². The van der Waals surface area contributed by atoms with Crippen LogP contribution in [0.5, 0.6) is 5.75 Å². The number of nitrogens with one attached hydrogen (secondary N) is 1. The molecule has 0 bridgehead atoms. The first-order valence-corrected chi connectivity index (χ1v) is 7.25. The standard InChI is InChI=1S/C16H25NO/c1-3-4-5-10-18-15-8-6-14(7-9-15)16-11-13(2)12-17-16/h6-9,13,16-17H,3-5,10-12H2,1-2H3/t13-,16+/m0/s1. The van der Waals surface area contributed by atoms with Crippen LogP contribution >= 0.6 is 0 Å². The molecule has 0 spiro atoms. The topological polar surface area (TPSA) is 21.3 Å². The molecule has 0 aromatic heterocycles. The normalized spacial score (nSPS) is 23.2. The largest absolute Gasteiger partial charge is 0.494 e. The molecule has 1 saturated heterocycles. The first kappa shape index (κ1) is 13.4. The molecule has 2 nitrogen and oxygen atoms in total. The van der Waals surface area contributed by atoms with Gasteiger partial charge in [-0.1, -0.05) is 38.8 Å². The Kier molecular flexibility index (Phi) is 5.06. The Bertz CT molecular complexity index is 347.